The lowest BCUT2D eigenvalue weighted by atomic mass is 10.1. The third-order valence-electron chi connectivity index (χ3n) is 5.12. The average Bonchev–Trinajstić information content (AvgIpc) is 3.14. The summed E-state index contributed by atoms with van der Waals surface area (Å²) in [7, 11) is 0. The van der Waals surface area contributed by atoms with Gasteiger partial charge in [0, 0.05) is 18.0 Å². The third kappa shape index (κ3) is 5.05. The molecule has 2 amide bonds. The second-order valence-corrected chi connectivity index (χ2v) is 8.81. The van der Waals surface area contributed by atoms with E-state index in [-0.39, 0.29) is 13.1 Å². The largest absolute Gasteiger partial charge is 0.416 e. The van der Waals surface area contributed by atoms with E-state index in [2.05, 4.69) is 10.6 Å². The van der Waals surface area contributed by atoms with Crippen molar-refractivity contribution in [1.29, 1.82) is 0 Å². The molecule has 1 aliphatic rings. The molecule has 3 aromatic carbocycles. The quantitative estimate of drug-likeness (QED) is 0.418. The average molecular weight is 493 g/mol. The van der Waals surface area contributed by atoms with Crippen LogP contribution in [0.25, 0.3) is 0 Å². The van der Waals surface area contributed by atoms with Gasteiger partial charge in [-0.2, -0.15) is 13.2 Å². The molecule has 172 valence electrons. The number of rotatable bonds is 5. The summed E-state index contributed by atoms with van der Waals surface area (Å²) in [5, 5.41) is 6.12. The van der Waals surface area contributed by atoms with Crippen molar-refractivity contribution in [2.45, 2.75) is 29.7 Å². The van der Waals surface area contributed by atoms with Gasteiger partial charge in [0.15, 0.2) is 5.50 Å². The van der Waals surface area contributed by atoms with Gasteiger partial charge in [-0.15, -0.1) is 0 Å². The van der Waals surface area contributed by atoms with Crippen LogP contribution in [0.2, 0.25) is 5.02 Å². The molecule has 0 radical (unpaired) electrons. The molecule has 0 aromatic heterocycles. The van der Waals surface area contributed by atoms with Gasteiger partial charge in [-0.25, -0.2) is 4.79 Å². The number of thioether (sulfide) groups is 1. The first-order valence-corrected chi connectivity index (χ1v) is 11.3. The van der Waals surface area contributed by atoms with Crippen LogP contribution in [0.5, 0.6) is 0 Å². The molecule has 1 heterocycles. The molecular formula is C23H20ClF3N4OS. The Morgan fingerprint density at radius 3 is 2.48 bits per heavy atom. The number of urea groups is 1. The first-order valence-electron chi connectivity index (χ1n) is 10.0. The van der Waals surface area contributed by atoms with Crippen LogP contribution in [-0.4, -0.2) is 11.5 Å². The van der Waals surface area contributed by atoms with Gasteiger partial charge < -0.3 is 21.3 Å². The number of nitrogens with one attached hydrogen (secondary N) is 2. The predicted molar refractivity (Wildman–Crippen MR) is 124 cm³/mol. The Labute approximate surface area is 198 Å². The fourth-order valence-electron chi connectivity index (χ4n) is 3.54. The maximum absolute atomic E-state index is 12.7. The zero-order valence-corrected chi connectivity index (χ0v) is 18.8. The lowest BCUT2D eigenvalue weighted by molar-refractivity contribution is -0.137. The van der Waals surface area contributed by atoms with Crippen molar-refractivity contribution in [2.75, 3.05) is 4.90 Å². The van der Waals surface area contributed by atoms with Gasteiger partial charge in [0.25, 0.3) is 0 Å². The minimum absolute atomic E-state index is 0.0778. The number of hydrogen-bond donors (Lipinski definition) is 3. The van der Waals surface area contributed by atoms with Crippen LogP contribution < -0.4 is 21.3 Å². The van der Waals surface area contributed by atoms with E-state index in [1.54, 1.807) is 6.07 Å². The third-order valence-corrected chi connectivity index (χ3v) is 6.57. The predicted octanol–water partition coefficient (Wildman–Crippen LogP) is 5.84. The van der Waals surface area contributed by atoms with E-state index in [1.165, 1.54) is 23.9 Å². The molecule has 0 bridgehead atoms. The topological polar surface area (TPSA) is 70.4 Å². The van der Waals surface area contributed by atoms with Gasteiger partial charge in [0.1, 0.15) is 0 Å². The summed E-state index contributed by atoms with van der Waals surface area (Å²) in [6.07, 6.45) is -4.40. The van der Waals surface area contributed by atoms with Crippen LogP contribution in [0.4, 0.5) is 29.3 Å². The van der Waals surface area contributed by atoms with Crippen molar-refractivity contribution in [3.05, 3.63) is 88.4 Å². The van der Waals surface area contributed by atoms with Gasteiger partial charge in [0.2, 0.25) is 0 Å². The molecule has 10 heteroatoms. The molecule has 5 nitrogen and oxygen atoms in total. The number of amides is 2. The Morgan fingerprint density at radius 2 is 1.79 bits per heavy atom. The standard InChI is InChI=1S/C23H20ClF3N4OS/c24-17-5-3-4-15(12-28)20(17)31-18-6-1-2-7-19(18)33-22(31)30-21(32)29-13-14-8-10-16(11-9-14)23(25,26)27/h1-11,22H,12-13,28H2,(H2,29,30,32). The molecule has 0 aliphatic carbocycles. The van der Waals surface area contributed by atoms with E-state index in [0.717, 1.165) is 28.3 Å². The molecule has 1 atom stereocenters. The van der Waals surface area contributed by atoms with E-state index in [1.807, 2.05) is 41.3 Å². The highest BCUT2D eigenvalue weighted by atomic mass is 35.5. The summed E-state index contributed by atoms with van der Waals surface area (Å²) < 4.78 is 38.2. The van der Waals surface area contributed by atoms with Crippen LogP contribution >= 0.6 is 23.4 Å². The van der Waals surface area contributed by atoms with E-state index in [9.17, 15) is 18.0 Å². The minimum atomic E-state index is -4.40. The molecule has 1 unspecified atom stereocenters. The molecule has 1 aliphatic heterocycles. The molecule has 4 rings (SSSR count). The van der Waals surface area contributed by atoms with E-state index >= 15 is 0 Å². The number of carbonyl (C=O) groups is 1. The van der Waals surface area contributed by atoms with E-state index < -0.39 is 23.3 Å². The zero-order valence-electron chi connectivity index (χ0n) is 17.2. The van der Waals surface area contributed by atoms with Gasteiger partial charge >= 0.3 is 12.2 Å². The number of benzene rings is 3. The Morgan fingerprint density at radius 1 is 1.06 bits per heavy atom. The summed E-state index contributed by atoms with van der Waals surface area (Å²) in [6, 6.07) is 17.4. The molecular weight excluding hydrogens is 473 g/mol. The number of nitrogens with two attached hydrogens (primary N) is 1. The van der Waals surface area contributed by atoms with Crippen LogP contribution in [-0.2, 0) is 19.3 Å². The number of nitrogens with zero attached hydrogens (tertiary/aromatic N) is 1. The molecule has 33 heavy (non-hydrogen) atoms. The highest BCUT2D eigenvalue weighted by Crippen LogP contribution is 2.49. The van der Waals surface area contributed by atoms with E-state index in [4.69, 9.17) is 17.3 Å². The van der Waals surface area contributed by atoms with Crippen LogP contribution in [0.15, 0.2) is 71.6 Å². The summed E-state index contributed by atoms with van der Waals surface area (Å²) in [5.74, 6) is 0. The van der Waals surface area contributed by atoms with Gasteiger partial charge in [0.05, 0.1) is 22.0 Å². The number of para-hydroxylation sites is 2. The monoisotopic (exact) mass is 492 g/mol. The molecule has 0 spiro atoms. The van der Waals surface area contributed by atoms with Crippen molar-refractivity contribution >= 4 is 40.8 Å². The minimum Gasteiger partial charge on any atom is -0.334 e. The maximum atomic E-state index is 12.7. The fraction of sp³-hybridized carbons (Fsp3) is 0.174. The first kappa shape index (κ1) is 23.3. The Bertz CT molecular complexity index is 1160. The van der Waals surface area contributed by atoms with Crippen LogP contribution in [0, 0.1) is 0 Å². The number of anilines is 2. The molecule has 0 saturated carbocycles. The van der Waals surface area contributed by atoms with Crippen LogP contribution in [0.3, 0.4) is 0 Å². The lowest BCUT2D eigenvalue weighted by Crippen LogP contribution is -2.46. The summed E-state index contributed by atoms with van der Waals surface area (Å²) >= 11 is 7.98. The number of alkyl halides is 3. The molecule has 0 fully saturated rings. The van der Waals surface area contributed by atoms with Crippen molar-refractivity contribution in [1.82, 2.24) is 10.6 Å². The highest BCUT2D eigenvalue weighted by Gasteiger charge is 2.34. The summed E-state index contributed by atoms with van der Waals surface area (Å²) in [6.45, 7) is 0.348. The van der Waals surface area contributed by atoms with Gasteiger partial charge in [-0.05, 0) is 41.5 Å². The lowest BCUT2D eigenvalue weighted by Gasteiger charge is -2.30. The number of carbonyl (C=O) groups excluding carboxylic acids is 1. The molecule has 4 N–H and O–H groups in total. The molecule has 0 saturated heterocycles. The van der Waals surface area contributed by atoms with Gasteiger partial charge in [-0.3, -0.25) is 0 Å². The Kier molecular flexibility index (Phi) is 6.73. The number of hydrogen-bond acceptors (Lipinski definition) is 4. The normalized spacial score (nSPS) is 15.3. The molecule has 3 aromatic rings. The van der Waals surface area contributed by atoms with E-state index in [0.29, 0.717) is 16.3 Å². The second-order valence-electron chi connectivity index (χ2n) is 7.28. The zero-order chi connectivity index (χ0) is 23.6. The maximum Gasteiger partial charge on any atom is 0.416 e. The van der Waals surface area contributed by atoms with Gasteiger partial charge in [-0.1, -0.05) is 59.8 Å². The van der Waals surface area contributed by atoms with Crippen molar-refractivity contribution in [2.24, 2.45) is 5.73 Å². The van der Waals surface area contributed by atoms with Crippen molar-refractivity contribution in [3.63, 3.8) is 0 Å². The highest BCUT2D eigenvalue weighted by molar-refractivity contribution is 8.00. The summed E-state index contributed by atoms with van der Waals surface area (Å²) in [5.41, 5.74) is 7.69. The number of fused-ring (bicyclic) bond motifs is 1. The Balaban J connectivity index is 1.50. The Hall–Kier alpha value is -2.88. The van der Waals surface area contributed by atoms with Crippen LogP contribution in [0.1, 0.15) is 16.7 Å². The summed E-state index contributed by atoms with van der Waals surface area (Å²) in [4.78, 5) is 15.6. The second kappa shape index (κ2) is 9.54. The smallest absolute Gasteiger partial charge is 0.334 e. The number of halogens is 4. The van der Waals surface area contributed by atoms with Crippen molar-refractivity contribution in [3.8, 4) is 0 Å². The fourth-order valence-corrected chi connectivity index (χ4v) is 5.00. The SMILES string of the molecule is NCc1cccc(Cl)c1N1c2ccccc2SC1NC(=O)NCc1ccc(C(F)(F)F)cc1. The first-order chi connectivity index (χ1) is 15.8. The van der Waals surface area contributed by atoms with Crippen molar-refractivity contribution < 1.29 is 18.0 Å².